The quantitative estimate of drug-likeness (QED) is 0.462. The molecule has 0 fully saturated rings. The third-order valence-electron chi connectivity index (χ3n) is 5.28. The predicted molar refractivity (Wildman–Crippen MR) is 118 cm³/mol. The zero-order valence-electron chi connectivity index (χ0n) is 18.0. The summed E-state index contributed by atoms with van der Waals surface area (Å²) in [6.07, 6.45) is 2.77. The lowest BCUT2D eigenvalue weighted by molar-refractivity contribution is -0.136. The minimum Gasteiger partial charge on any atom is -0.493 e. The molecule has 1 aliphatic rings. The Morgan fingerprint density at radius 3 is 2.23 bits per heavy atom. The molecule has 2 amide bonds. The molecule has 0 saturated heterocycles. The van der Waals surface area contributed by atoms with Crippen molar-refractivity contribution in [1.82, 2.24) is 4.90 Å². The van der Waals surface area contributed by atoms with E-state index in [1.165, 1.54) is 4.90 Å². The molecule has 0 unspecified atom stereocenters. The van der Waals surface area contributed by atoms with E-state index in [9.17, 15) is 9.59 Å². The minimum absolute atomic E-state index is 0.271. The Morgan fingerprint density at radius 1 is 0.900 bits per heavy atom. The lowest BCUT2D eigenvalue weighted by atomic mass is 10.0. The highest BCUT2D eigenvalue weighted by Crippen LogP contribution is 2.37. The Labute approximate surface area is 177 Å². The summed E-state index contributed by atoms with van der Waals surface area (Å²) in [5.41, 5.74) is 2.21. The summed E-state index contributed by atoms with van der Waals surface area (Å²) >= 11 is 0. The van der Waals surface area contributed by atoms with Gasteiger partial charge in [-0.2, -0.15) is 0 Å². The van der Waals surface area contributed by atoms with Crippen molar-refractivity contribution >= 4 is 23.1 Å². The number of nitrogens with zero attached hydrogens (tertiary/aromatic N) is 2. The third kappa shape index (κ3) is 4.03. The monoisotopic (exact) mass is 408 g/mol. The van der Waals surface area contributed by atoms with E-state index in [1.54, 1.807) is 37.3 Å². The van der Waals surface area contributed by atoms with Crippen molar-refractivity contribution in [2.75, 3.05) is 32.7 Å². The van der Waals surface area contributed by atoms with E-state index in [1.807, 2.05) is 37.4 Å². The number of hydrogen-bond acceptors (Lipinski definition) is 5. The maximum Gasteiger partial charge on any atom is 0.278 e. The Balaban J connectivity index is 2.10. The summed E-state index contributed by atoms with van der Waals surface area (Å²) in [5.74, 6) is 0.527. The van der Waals surface area contributed by atoms with Crippen LogP contribution < -0.4 is 14.4 Å². The van der Waals surface area contributed by atoms with E-state index in [0.29, 0.717) is 34.9 Å². The third-order valence-corrected chi connectivity index (χ3v) is 5.28. The van der Waals surface area contributed by atoms with Crippen molar-refractivity contribution in [2.45, 2.75) is 26.2 Å². The number of amides is 2. The Bertz CT molecular complexity index is 953. The zero-order valence-corrected chi connectivity index (χ0v) is 18.0. The molecule has 158 valence electrons. The number of imide groups is 1. The lowest BCUT2D eigenvalue weighted by Gasteiger charge is -2.21. The molecule has 0 saturated carbocycles. The van der Waals surface area contributed by atoms with Crippen molar-refractivity contribution in [3.63, 3.8) is 0 Å². The van der Waals surface area contributed by atoms with E-state index in [4.69, 9.17) is 9.47 Å². The molecule has 30 heavy (non-hydrogen) atoms. The van der Waals surface area contributed by atoms with Gasteiger partial charge < -0.3 is 14.4 Å². The summed E-state index contributed by atoms with van der Waals surface area (Å²) < 4.78 is 10.7. The Morgan fingerprint density at radius 2 is 1.60 bits per heavy atom. The largest absolute Gasteiger partial charge is 0.493 e. The summed E-state index contributed by atoms with van der Waals surface area (Å²) in [7, 11) is 4.92. The first-order valence-corrected chi connectivity index (χ1v) is 10.1. The van der Waals surface area contributed by atoms with Crippen molar-refractivity contribution < 1.29 is 19.1 Å². The van der Waals surface area contributed by atoms with Crippen LogP contribution in [0.5, 0.6) is 11.5 Å². The number of carbonyl (C=O) groups excluding carboxylic acids is 2. The van der Waals surface area contributed by atoms with Gasteiger partial charge in [0.1, 0.15) is 5.70 Å². The molecule has 1 heterocycles. The number of anilines is 1. The van der Waals surface area contributed by atoms with Crippen LogP contribution in [0.3, 0.4) is 0 Å². The van der Waals surface area contributed by atoms with E-state index >= 15 is 0 Å². The number of hydrogen-bond donors (Lipinski definition) is 0. The molecule has 0 aliphatic carbocycles. The summed E-state index contributed by atoms with van der Waals surface area (Å²) in [6.45, 7) is 2.50. The second kappa shape index (κ2) is 9.48. The predicted octanol–water partition coefficient (Wildman–Crippen LogP) is 4.11. The van der Waals surface area contributed by atoms with Crippen molar-refractivity contribution in [2.24, 2.45) is 0 Å². The fraction of sp³-hybridized carbons (Fsp3) is 0.333. The minimum atomic E-state index is -0.277. The normalized spacial score (nSPS) is 13.8. The molecular formula is C24H28N2O4. The van der Waals surface area contributed by atoms with E-state index in [2.05, 4.69) is 6.92 Å². The highest BCUT2D eigenvalue weighted by molar-refractivity contribution is 6.36. The summed E-state index contributed by atoms with van der Waals surface area (Å²) in [6, 6.07) is 14.8. The molecule has 2 aromatic carbocycles. The van der Waals surface area contributed by atoms with E-state index < -0.39 is 0 Å². The van der Waals surface area contributed by atoms with Crippen LogP contribution in [-0.4, -0.2) is 44.5 Å². The molecule has 6 heteroatoms. The highest BCUT2D eigenvalue weighted by atomic mass is 16.5. The number of methoxy groups -OCH3 is 2. The molecule has 0 radical (unpaired) electrons. The maximum atomic E-state index is 13.4. The van der Waals surface area contributed by atoms with Gasteiger partial charge in [-0.3, -0.25) is 14.5 Å². The number of ether oxygens (including phenoxy) is 2. The van der Waals surface area contributed by atoms with Gasteiger partial charge in [-0.1, -0.05) is 44.0 Å². The van der Waals surface area contributed by atoms with Gasteiger partial charge in [-0.15, -0.1) is 0 Å². The number of likely N-dealkylation sites (N-methyl/N-ethyl adjacent to an activating group) is 1. The Hall–Kier alpha value is -3.28. The number of carbonyl (C=O) groups is 2. The summed E-state index contributed by atoms with van der Waals surface area (Å²) in [4.78, 5) is 29.8. The molecule has 3 rings (SSSR count). The smallest absolute Gasteiger partial charge is 0.278 e. The molecule has 0 atom stereocenters. The van der Waals surface area contributed by atoms with Crippen LogP contribution >= 0.6 is 0 Å². The average Bonchev–Trinajstić information content (AvgIpc) is 3.03. The van der Waals surface area contributed by atoms with Crippen molar-refractivity contribution in [1.29, 1.82) is 0 Å². The first-order chi connectivity index (χ1) is 14.5. The van der Waals surface area contributed by atoms with Crippen LogP contribution in [0.2, 0.25) is 0 Å². The van der Waals surface area contributed by atoms with Crippen LogP contribution in [-0.2, 0) is 9.59 Å². The Kier molecular flexibility index (Phi) is 6.77. The molecule has 0 bridgehead atoms. The summed E-state index contributed by atoms with van der Waals surface area (Å²) in [5, 5.41) is 0. The van der Waals surface area contributed by atoms with E-state index in [0.717, 1.165) is 24.9 Å². The molecule has 2 aromatic rings. The highest BCUT2D eigenvalue weighted by Gasteiger charge is 2.41. The molecule has 0 spiro atoms. The second-order valence-corrected chi connectivity index (χ2v) is 7.16. The van der Waals surface area contributed by atoms with Gasteiger partial charge in [-0.25, -0.2) is 0 Å². The second-order valence-electron chi connectivity index (χ2n) is 7.16. The average molecular weight is 408 g/mol. The lowest BCUT2D eigenvalue weighted by Crippen LogP contribution is -2.35. The number of unbranched alkanes of at least 4 members (excludes halogenated alkanes) is 2. The van der Waals surface area contributed by atoms with Crippen LogP contribution in [0, 0.1) is 0 Å². The molecule has 6 nitrogen and oxygen atoms in total. The number of rotatable bonds is 9. The van der Waals surface area contributed by atoms with Gasteiger partial charge in [0.2, 0.25) is 0 Å². The molecule has 0 N–H and O–H groups in total. The van der Waals surface area contributed by atoms with Crippen LogP contribution in [0.15, 0.2) is 54.2 Å². The van der Waals surface area contributed by atoms with Crippen molar-refractivity contribution in [3.8, 4) is 11.5 Å². The molecule has 1 aliphatic heterocycles. The molecular weight excluding hydrogens is 380 g/mol. The van der Waals surface area contributed by atoms with Gasteiger partial charge in [0.05, 0.1) is 19.8 Å². The van der Waals surface area contributed by atoms with Gasteiger partial charge in [-0.05, 0) is 36.2 Å². The van der Waals surface area contributed by atoms with Gasteiger partial charge >= 0.3 is 0 Å². The standard InChI is InChI=1S/C24H28N2O4/c1-5-6-10-15-26-23(27)21(17-13-14-19(29-3)20(16-17)30-4)22(24(26)28)25(2)18-11-8-7-9-12-18/h7-9,11-14,16H,5-6,10,15H2,1-4H3. The molecule has 0 aromatic heterocycles. The van der Waals surface area contributed by atoms with Gasteiger partial charge in [0.25, 0.3) is 11.8 Å². The topological polar surface area (TPSA) is 59.1 Å². The van der Waals surface area contributed by atoms with E-state index in [-0.39, 0.29) is 11.8 Å². The number of benzene rings is 2. The first-order valence-electron chi connectivity index (χ1n) is 10.1. The number of para-hydroxylation sites is 1. The van der Waals surface area contributed by atoms with Gasteiger partial charge in [0.15, 0.2) is 11.5 Å². The maximum absolute atomic E-state index is 13.4. The zero-order chi connectivity index (χ0) is 21.7. The SMILES string of the molecule is CCCCCN1C(=O)C(c2ccc(OC)c(OC)c2)=C(N(C)c2ccccc2)C1=O. The fourth-order valence-electron chi connectivity index (χ4n) is 3.63. The van der Waals surface area contributed by atoms with Gasteiger partial charge in [0, 0.05) is 19.3 Å². The van der Waals surface area contributed by atoms with Crippen LogP contribution in [0.1, 0.15) is 31.7 Å². The first kappa shape index (κ1) is 21.4. The van der Waals surface area contributed by atoms with Crippen LogP contribution in [0.25, 0.3) is 5.57 Å². The fourth-order valence-corrected chi connectivity index (χ4v) is 3.63. The van der Waals surface area contributed by atoms with Crippen molar-refractivity contribution in [3.05, 3.63) is 59.8 Å². The van der Waals surface area contributed by atoms with Crippen LogP contribution in [0.4, 0.5) is 5.69 Å².